The summed E-state index contributed by atoms with van der Waals surface area (Å²) < 4.78 is 14.1. The SMILES string of the molecule is Cn1c(C(C)(C)C)nc(C(=O)NCc2ccc(F)cc2)c(O)c1=O. The summed E-state index contributed by atoms with van der Waals surface area (Å²) in [6, 6.07) is 5.64. The Morgan fingerprint density at radius 1 is 1.29 bits per heavy atom. The molecule has 1 aromatic carbocycles. The van der Waals surface area contributed by atoms with Crippen molar-refractivity contribution >= 4 is 5.91 Å². The molecule has 1 heterocycles. The molecule has 6 nitrogen and oxygen atoms in total. The smallest absolute Gasteiger partial charge is 0.296 e. The number of aromatic hydroxyl groups is 1. The van der Waals surface area contributed by atoms with Crippen LogP contribution in [-0.2, 0) is 19.0 Å². The highest BCUT2D eigenvalue weighted by molar-refractivity contribution is 5.94. The third-order valence-electron chi connectivity index (χ3n) is 3.52. The number of rotatable bonds is 3. The molecule has 0 saturated heterocycles. The summed E-state index contributed by atoms with van der Waals surface area (Å²) in [4.78, 5) is 28.6. The molecule has 0 bridgehead atoms. The Bertz CT molecular complexity index is 821. The van der Waals surface area contributed by atoms with Crippen molar-refractivity contribution in [3.8, 4) is 5.75 Å². The molecule has 0 unspecified atom stereocenters. The molecule has 2 aromatic rings. The average Bonchev–Trinajstić information content (AvgIpc) is 2.51. The van der Waals surface area contributed by atoms with Crippen LogP contribution in [-0.4, -0.2) is 20.6 Å². The largest absolute Gasteiger partial charge is 0.501 e. The Balaban J connectivity index is 2.30. The summed E-state index contributed by atoms with van der Waals surface area (Å²) in [6.45, 7) is 5.68. The minimum absolute atomic E-state index is 0.125. The molecule has 0 aliphatic carbocycles. The summed E-state index contributed by atoms with van der Waals surface area (Å²) in [7, 11) is 1.50. The molecule has 0 aliphatic heterocycles. The quantitative estimate of drug-likeness (QED) is 0.898. The maximum atomic E-state index is 12.9. The van der Waals surface area contributed by atoms with Crippen molar-refractivity contribution in [1.29, 1.82) is 0 Å². The van der Waals surface area contributed by atoms with Crippen LogP contribution in [0.3, 0.4) is 0 Å². The van der Waals surface area contributed by atoms with Crippen LogP contribution in [0.1, 0.15) is 42.6 Å². The molecular weight excluding hydrogens is 313 g/mol. The number of carbonyl (C=O) groups is 1. The highest BCUT2D eigenvalue weighted by Crippen LogP contribution is 2.21. The van der Waals surface area contributed by atoms with Gasteiger partial charge in [-0.1, -0.05) is 32.9 Å². The molecular formula is C17H20FN3O3. The Hall–Kier alpha value is -2.70. The van der Waals surface area contributed by atoms with Crippen LogP contribution >= 0.6 is 0 Å². The van der Waals surface area contributed by atoms with Crippen LogP contribution < -0.4 is 10.9 Å². The van der Waals surface area contributed by atoms with E-state index in [1.54, 1.807) is 0 Å². The van der Waals surface area contributed by atoms with Crippen LogP contribution in [0.2, 0.25) is 0 Å². The molecule has 0 saturated carbocycles. The van der Waals surface area contributed by atoms with Crippen molar-refractivity contribution in [1.82, 2.24) is 14.9 Å². The predicted octanol–water partition coefficient (Wildman–Crippen LogP) is 1.85. The highest BCUT2D eigenvalue weighted by atomic mass is 19.1. The fourth-order valence-electron chi connectivity index (χ4n) is 2.29. The van der Waals surface area contributed by atoms with Gasteiger partial charge in [0.2, 0.25) is 5.75 Å². The number of nitrogens with zero attached hydrogens (tertiary/aromatic N) is 2. The Labute approximate surface area is 139 Å². The van der Waals surface area contributed by atoms with Crippen LogP contribution in [0.25, 0.3) is 0 Å². The monoisotopic (exact) mass is 333 g/mol. The van der Waals surface area contributed by atoms with Gasteiger partial charge in [0.05, 0.1) is 0 Å². The number of benzene rings is 1. The van der Waals surface area contributed by atoms with Gasteiger partial charge in [-0.15, -0.1) is 0 Å². The van der Waals surface area contributed by atoms with E-state index in [1.165, 1.54) is 35.9 Å². The van der Waals surface area contributed by atoms with Gasteiger partial charge in [-0.3, -0.25) is 14.2 Å². The molecule has 7 heteroatoms. The van der Waals surface area contributed by atoms with Gasteiger partial charge in [-0.25, -0.2) is 9.37 Å². The van der Waals surface area contributed by atoms with Crippen molar-refractivity contribution in [2.45, 2.75) is 32.7 Å². The van der Waals surface area contributed by atoms with Crippen LogP contribution in [0, 0.1) is 5.82 Å². The number of carbonyl (C=O) groups excluding carboxylic acids is 1. The lowest BCUT2D eigenvalue weighted by molar-refractivity contribution is 0.0941. The van der Waals surface area contributed by atoms with E-state index in [0.29, 0.717) is 11.4 Å². The normalized spacial score (nSPS) is 11.4. The van der Waals surface area contributed by atoms with Gasteiger partial charge in [0.25, 0.3) is 11.5 Å². The van der Waals surface area contributed by atoms with Crippen molar-refractivity contribution in [2.24, 2.45) is 7.05 Å². The third-order valence-corrected chi connectivity index (χ3v) is 3.52. The average molecular weight is 333 g/mol. The molecule has 2 rings (SSSR count). The second-order valence-corrected chi connectivity index (χ2v) is 6.56. The van der Waals surface area contributed by atoms with Gasteiger partial charge in [-0.2, -0.15) is 0 Å². The zero-order valence-corrected chi connectivity index (χ0v) is 14.1. The Morgan fingerprint density at radius 3 is 2.42 bits per heavy atom. The number of halogens is 1. The van der Waals surface area contributed by atoms with Crippen LogP contribution in [0.15, 0.2) is 29.1 Å². The second kappa shape index (κ2) is 6.43. The van der Waals surface area contributed by atoms with E-state index < -0.39 is 22.6 Å². The molecule has 0 spiro atoms. The third kappa shape index (κ3) is 3.61. The Kier molecular flexibility index (Phi) is 4.73. The number of amides is 1. The zero-order valence-electron chi connectivity index (χ0n) is 14.1. The lowest BCUT2D eigenvalue weighted by Gasteiger charge is -2.21. The summed E-state index contributed by atoms with van der Waals surface area (Å²) in [5.74, 6) is -1.34. The van der Waals surface area contributed by atoms with Crippen LogP contribution in [0.5, 0.6) is 5.75 Å². The number of hydrogen-bond acceptors (Lipinski definition) is 4. The molecule has 24 heavy (non-hydrogen) atoms. The van der Waals surface area contributed by atoms with Crippen LogP contribution in [0.4, 0.5) is 4.39 Å². The van der Waals surface area contributed by atoms with Gasteiger partial charge >= 0.3 is 0 Å². The first kappa shape index (κ1) is 17.7. The van der Waals surface area contributed by atoms with Crippen molar-refractivity contribution in [2.75, 3.05) is 0 Å². The molecule has 1 aromatic heterocycles. The molecule has 128 valence electrons. The minimum Gasteiger partial charge on any atom is -0.501 e. The maximum absolute atomic E-state index is 12.9. The van der Waals surface area contributed by atoms with Gasteiger partial charge in [0.15, 0.2) is 5.69 Å². The van der Waals surface area contributed by atoms with Gasteiger partial charge in [0.1, 0.15) is 11.6 Å². The van der Waals surface area contributed by atoms with Gasteiger partial charge in [-0.05, 0) is 17.7 Å². The van der Waals surface area contributed by atoms with Crippen molar-refractivity contribution < 1.29 is 14.3 Å². The fourth-order valence-corrected chi connectivity index (χ4v) is 2.29. The molecule has 2 N–H and O–H groups in total. The first-order chi connectivity index (χ1) is 11.1. The van der Waals surface area contributed by atoms with E-state index in [0.717, 1.165) is 0 Å². The zero-order chi connectivity index (χ0) is 18.1. The first-order valence-corrected chi connectivity index (χ1v) is 7.44. The fraction of sp³-hybridized carbons (Fsp3) is 0.353. The lowest BCUT2D eigenvalue weighted by atomic mass is 9.95. The van der Waals surface area contributed by atoms with E-state index in [9.17, 15) is 19.1 Å². The standard InChI is InChI=1S/C17H20FN3O3/c1-17(2,3)16-20-12(13(22)15(24)21(16)4)14(23)19-9-10-5-7-11(18)8-6-10/h5-8,22H,9H2,1-4H3,(H,19,23). The first-order valence-electron chi connectivity index (χ1n) is 7.44. The summed E-state index contributed by atoms with van der Waals surface area (Å²) in [5, 5.41) is 12.5. The molecule has 0 fully saturated rings. The molecule has 0 radical (unpaired) electrons. The number of aromatic nitrogens is 2. The summed E-state index contributed by atoms with van der Waals surface area (Å²) >= 11 is 0. The molecule has 1 amide bonds. The molecule has 0 aliphatic rings. The van der Waals surface area contributed by atoms with Crippen molar-refractivity contribution in [3.63, 3.8) is 0 Å². The van der Waals surface area contributed by atoms with E-state index in [-0.39, 0.29) is 18.1 Å². The lowest BCUT2D eigenvalue weighted by Crippen LogP contribution is -2.33. The molecule has 0 atom stereocenters. The van der Waals surface area contributed by atoms with E-state index in [2.05, 4.69) is 10.3 Å². The number of nitrogens with one attached hydrogen (secondary N) is 1. The second-order valence-electron chi connectivity index (χ2n) is 6.56. The highest BCUT2D eigenvalue weighted by Gasteiger charge is 2.26. The predicted molar refractivity (Wildman–Crippen MR) is 87.4 cm³/mol. The van der Waals surface area contributed by atoms with Crippen molar-refractivity contribution in [3.05, 3.63) is 57.5 Å². The van der Waals surface area contributed by atoms with Gasteiger partial charge < -0.3 is 10.4 Å². The van der Waals surface area contributed by atoms with E-state index in [1.807, 2.05) is 20.8 Å². The van der Waals surface area contributed by atoms with Gasteiger partial charge in [0, 0.05) is 19.0 Å². The summed E-state index contributed by atoms with van der Waals surface area (Å²) in [5.41, 5.74) is -0.788. The topological polar surface area (TPSA) is 84.2 Å². The van der Waals surface area contributed by atoms with E-state index >= 15 is 0 Å². The maximum Gasteiger partial charge on any atom is 0.296 e. The summed E-state index contributed by atoms with van der Waals surface area (Å²) in [6.07, 6.45) is 0. The Morgan fingerprint density at radius 2 is 1.88 bits per heavy atom. The number of hydrogen-bond donors (Lipinski definition) is 2. The minimum atomic E-state index is -0.692. The van der Waals surface area contributed by atoms with E-state index in [4.69, 9.17) is 0 Å².